The number of benzene rings is 1. The second kappa shape index (κ2) is 5.65. The number of hydrogen-bond acceptors (Lipinski definition) is 7. The number of anilines is 2. The molecule has 0 atom stereocenters. The van der Waals surface area contributed by atoms with Crippen LogP contribution in [0.15, 0.2) is 48.4 Å². The van der Waals surface area contributed by atoms with Crippen molar-refractivity contribution in [2.75, 3.05) is 5.32 Å². The van der Waals surface area contributed by atoms with E-state index in [1.807, 2.05) is 12.1 Å². The zero-order valence-electron chi connectivity index (χ0n) is 11.6. The highest BCUT2D eigenvalue weighted by molar-refractivity contribution is 7.16. The van der Waals surface area contributed by atoms with Gasteiger partial charge in [-0.25, -0.2) is 29.3 Å². The van der Waals surface area contributed by atoms with Crippen LogP contribution in [0.4, 0.5) is 16.3 Å². The Hall–Kier alpha value is -3.00. The molecule has 0 spiro atoms. The van der Waals surface area contributed by atoms with Crippen molar-refractivity contribution in [3.05, 3.63) is 54.2 Å². The van der Waals surface area contributed by atoms with E-state index in [9.17, 15) is 4.39 Å². The van der Waals surface area contributed by atoms with E-state index in [4.69, 9.17) is 0 Å². The predicted molar refractivity (Wildman–Crippen MR) is 85.9 cm³/mol. The first-order chi connectivity index (χ1) is 11.3. The van der Waals surface area contributed by atoms with Crippen LogP contribution in [0.2, 0.25) is 0 Å². The molecule has 0 saturated carbocycles. The molecule has 0 aliphatic rings. The highest BCUT2D eigenvalue weighted by atomic mass is 32.1. The van der Waals surface area contributed by atoms with Crippen molar-refractivity contribution in [2.45, 2.75) is 0 Å². The number of aromatic nitrogens is 5. The molecule has 0 radical (unpaired) electrons. The molecule has 0 aliphatic heterocycles. The fraction of sp³-hybridized carbons (Fsp3) is 0. The predicted octanol–water partition coefficient (Wildman–Crippen LogP) is 3.43. The number of nitrogens with zero attached hydrogens (tertiary/aromatic N) is 5. The molecule has 3 heterocycles. The van der Waals surface area contributed by atoms with Crippen LogP contribution in [0, 0.1) is 5.82 Å². The Balaban J connectivity index is 1.74. The molecular weight excluding hydrogens is 315 g/mol. The number of fused-ring (bicyclic) bond motifs is 1. The monoisotopic (exact) mass is 324 g/mol. The highest BCUT2D eigenvalue weighted by Gasteiger charge is 2.11. The summed E-state index contributed by atoms with van der Waals surface area (Å²) in [5.74, 6) is 0.0742. The molecule has 4 aromatic rings. The van der Waals surface area contributed by atoms with Crippen LogP contribution in [-0.4, -0.2) is 24.9 Å². The van der Waals surface area contributed by atoms with Gasteiger partial charge in [0.25, 0.3) is 0 Å². The normalized spacial score (nSPS) is 10.8. The molecule has 23 heavy (non-hydrogen) atoms. The van der Waals surface area contributed by atoms with Gasteiger partial charge in [0.15, 0.2) is 5.82 Å². The summed E-state index contributed by atoms with van der Waals surface area (Å²) in [6, 6.07) is 7.22. The Morgan fingerprint density at radius 3 is 2.74 bits per heavy atom. The second-order valence-electron chi connectivity index (χ2n) is 4.62. The van der Waals surface area contributed by atoms with E-state index in [0.717, 1.165) is 16.4 Å². The zero-order chi connectivity index (χ0) is 15.6. The molecule has 6 nitrogen and oxygen atoms in total. The molecule has 0 amide bonds. The van der Waals surface area contributed by atoms with E-state index >= 15 is 0 Å². The van der Waals surface area contributed by atoms with Crippen molar-refractivity contribution in [2.24, 2.45) is 0 Å². The maximum Gasteiger partial charge on any atom is 0.230 e. The van der Waals surface area contributed by atoms with Crippen LogP contribution in [-0.2, 0) is 0 Å². The van der Waals surface area contributed by atoms with Crippen molar-refractivity contribution >= 4 is 33.5 Å². The summed E-state index contributed by atoms with van der Waals surface area (Å²) in [5.41, 5.74) is 3.41. The molecule has 0 bridgehead atoms. The van der Waals surface area contributed by atoms with Gasteiger partial charge in [-0.05, 0) is 18.2 Å². The van der Waals surface area contributed by atoms with Gasteiger partial charge >= 0.3 is 0 Å². The van der Waals surface area contributed by atoms with E-state index in [2.05, 4.69) is 30.2 Å². The molecule has 1 N–H and O–H groups in total. The fourth-order valence-corrected chi connectivity index (χ4v) is 2.76. The molecule has 0 fully saturated rings. The lowest BCUT2D eigenvalue weighted by Gasteiger charge is -2.06. The standard InChI is InChI=1S/C15H9FN6S/c16-10-7-19-15(22-14-17-4-1-5-18-14)21-13(10)9-2-3-12-11(6-9)20-8-23-12/h1-8H,(H,17,18,19,21,22). The first-order valence-corrected chi connectivity index (χ1v) is 7.58. The second-order valence-corrected chi connectivity index (χ2v) is 5.51. The van der Waals surface area contributed by atoms with Gasteiger partial charge in [-0.2, -0.15) is 0 Å². The van der Waals surface area contributed by atoms with Gasteiger partial charge in [0, 0.05) is 18.0 Å². The number of rotatable bonds is 3. The first-order valence-electron chi connectivity index (χ1n) is 6.70. The maximum absolute atomic E-state index is 14.1. The van der Waals surface area contributed by atoms with Crippen LogP contribution in [0.25, 0.3) is 21.5 Å². The number of hydrogen-bond donors (Lipinski definition) is 1. The lowest BCUT2D eigenvalue weighted by Crippen LogP contribution is -2.02. The average molecular weight is 324 g/mol. The van der Waals surface area contributed by atoms with Crippen LogP contribution in [0.1, 0.15) is 0 Å². The van der Waals surface area contributed by atoms with Gasteiger partial charge in [-0.15, -0.1) is 11.3 Å². The fourth-order valence-electron chi connectivity index (χ4n) is 2.10. The van der Waals surface area contributed by atoms with Crippen LogP contribution >= 0.6 is 11.3 Å². The van der Waals surface area contributed by atoms with Gasteiger partial charge in [0.05, 0.1) is 21.9 Å². The summed E-state index contributed by atoms with van der Waals surface area (Å²) in [7, 11) is 0. The Morgan fingerprint density at radius 1 is 1.00 bits per heavy atom. The smallest absolute Gasteiger partial charge is 0.230 e. The molecule has 4 rings (SSSR count). The van der Waals surface area contributed by atoms with Crippen molar-refractivity contribution < 1.29 is 4.39 Å². The van der Waals surface area contributed by atoms with Crippen LogP contribution in [0.5, 0.6) is 0 Å². The number of nitrogens with one attached hydrogen (secondary N) is 1. The summed E-state index contributed by atoms with van der Waals surface area (Å²) in [5, 5.41) is 2.85. The third-order valence-corrected chi connectivity index (χ3v) is 3.95. The summed E-state index contributed by atoms with van der Waals surface area (Å²) >= 11 is 1.53. The largest absolute Gasteiger partial charge is 0.293 e. The van der Waals surface area contributed by atoms with Gasteiger partial charge in [-0.3, -0.25) is 5.32 Å². The average Bonchev–Trinajstić information content (AvgIpc) is 3.05. The summed E-state index contributed by atoms with van der Waals surface area (Å²) in [6.45, 7) is 0. The van der Waals surface area contributed by atoms with E-state index in [0.29, 0.717) is 11.5 Å². The first kappa shape index (κ1) is 13.6. The third kappa shape index (κ3) is 2.71. The third-order valence-electron chi connectivity index (χ3n) is 3.14. The number of thiazole rings is 1. The van der Waals surface area contributed by atoms with Crippen molar-refractivity contribution in [1.29, 1.82) is 0 Å². The molecule has 112 valence electrons. The molecule has 0 saturated heterocycles. The molecule has 8 heteroatoms. The zero-order valence-corrected chi connectivity index (χ0v) is 12.5. The summed E-state index contributed by atoms with van der Waals surface area (Å²) < 4.78 is 15.2. The minimum atomic E-state index is -0.501. The lowest BCUT2D eigenvalue weighted by molar-refractivity contribution is 0.619. The molecule has 0 aliphatic carbocycles. The molecule has 0 unspecified atom stereocenters. The molecule has 1 aromatic carbocycles. The molecular formula is C15H9FN6S. The van der Waals surface area contributed by atoms with Crippen molar-refractivity contribution in [3.8, 4) is 11.3 Å². The molecule has 3 aromatic heterocycles. The Morgan fingerprint density at radius 2 is 1.87 bits per heavy atom. The van der Waals surface area contributed by atoms with E-state index in [1.54, 1.807) is 30.0 Å². The topological polar surface area (TPSA) is 76.5 Å². The van der Waals surface area contributed by atoms with Gasteiger partial charge in [0.1, 0.15) is 5.69 Å². The van der Waals surface area contributed by atoms with E-state index in [-0.39, 0.29) is 11.6 Å². The van der Waals surface area contributed by atoms with Gasteiger partial charge in [0.2, 0.25) is 11.9 Å². The quantitative estimate of drug-likeness (QED) is 0.622. The Kier molecular flexibility index (Phi) is 3.35. The van der Waals surface area contributed by atoms with Crippen molar-refractivity contribution in [1.82, 2.24) is 24.9 Å². The highest BCUT2D eigenvalue weighted by Crippen LogP contribution is 2.27. The van der Waals surface area contributed by atoms with Crippen LogP contribution < -0.4 is 5.32 Å². The lowest BCUT2D eigenvalue weighted by atomic mass is 10.1. The Labute approximate surface area is 134 Å². The number of halogens is 1. The summed E-state index contributed by atoms with van der Waals surface area (Å²) in [6.07, 6.45) is 4.31. The van der Waals surface area contributed by atoms with E-state index < -0.39 is 5.82 Å². The van der Waals surface area contributed by atoms with Gasteiger partial charge in [-0.1, -0.05) is 6.07 Å². The SMILES string of the molecule is Fc1cnc(Nc2ncccn2)nc1-c1ccc2scnc2c1. The summed E-state index contributed by atoms with van der Waals surface area (Å²) in [4.78, 5) is 20.4. The van der Waals surface area contributed by atoms with Crippen LogP contribution in [0.3, 0.4) is 0 Å². The minimum Gasteiger partial charge on any atom is -0.293 e. The van der Waals surface area contributed by atoms with E-state index in [1.165, 1.54) is 11.3 Å². The van der Waals surface area contributed by atoms with Crippen molar-refractivity contribution in [3.63, 3.8) is 0 Å². The maximum atomic E-state index is 14.1. The van der Waals surface area contributed by atoms with Gasteiger partial charge < -0.3 is 0 Å². The minimum absolute atomic E-state index is 0.202. The Bertz CT molecular complexity index is 972.